The first-order chi connectivity index (χ1) is 3.77. The summed E-state index contributed by atoms with van der Waals surface area (Å²) in [5, 5.41) is 0. The van der Waals surface area contributed by atoms with Gasteiger partial charge in [-0.05, 0) is 6.92 Å². The molecule has 0 aromatic rings. The summed E-state index contributed by atoms with van der Waals surface area (Å²) < 4.78 is 10.1. The molecule has 1 aliphatic heterocycles. The van der Waals surface area contributed by atoms with Crippen LogP contribution in [0.2, 0.25) is 0 Å². The van der Waals surface area contributed by atoms with E-state index in [1.165, 1.54) is 0 Å². The van der Waals surface area contributed by atoms with E-state index in [-0.39, 0.29) is 5.60 Å². The molecule has 0 amide bonds. The average Bonchev–Trinajstić information content (AvgIpc) is 2.17. The van der Waals surface area contributed by atoms with E-state index < -0.39 is 0 Å². The molecule has 1 unspecified atom stereocenters. The lowest BCUT2D eigenvalue weighted by molar-refractivity contribution is 0.0256. The predicted octanol–water partition coefficient (Wildman–Crippen LogP) is 0.935. The summed E-state index contributed by atoms with van der Waals surface area (Å²) in [7, 11) is 0. The maximum Gasteiger partial charge on any atom is 0.148 e. The fourth-order valence-corrected chi connectivity index (χ4v) is 0.580. The summed E-state index contributed by atoms with van der Waals surface area (Å²) in [6.07, 6.45) is 1.76. The molecule has 0 aromatic carbocycles. The molecule has 0 N–H and O–H groups in total. The van der Waals surface area contributed by atoms with Crippen molar-refractivity contribution in [2.45, 2.75) is 12.5 Å². The summed E-state index contributed by atoms with van der Waals surface area (Å²) in [6, 6.07) is 0. The molecule has 46 valence electrons. The van der Waals surface area contributed by atoms with Crippen LogP contribution in [0.25, 0.3) is 0 Å². The maximum absolute atomic E-state index is 5.15. The highest BCUT2D eigenvalue weighted by atomic mass is 16.7. The molecule has 1 rings (SSSR count). The highest BCUT2D eigenvalue weighted by molar-refractivity contribution is 4.94. The van der Waals surface area contributed by atoms with Gasteiger partial charge >= 0.3 is 0 Å². The smallest absolute Gasteiger partial charge is 0.148 e. The Bertz CT molecular complexity index is 92.7. The molecular formula is C6H10O2. The minimum atomic E-state index is -0.222. The van der Waals surface area contributed by atoms with E-state index in [0.29, 0.717) is 13.4 Å². The summed E-state index contributed by atoms with van der Waals surface area (Å²) in [5.74, 6) is 0. The molecular weight excluding hydrogens is 104 g/mol. The molecule has 2 heteroatoms. The SMILES string of the molecule is C=CC1(C)COCO1. The van der Waals surface area contributed by atoms with Crippen LogP contribution >= 0.6 is 0 Å². The fraction of sp³-hybridized carbons (Fsp3) is 0.667. The van der Waals surface area contributed by atoms with Gasteiger partial charge in [-0.15, -0.1) is 6.58 Å². The van der Waals surface area contributed by atoms with E-state index in [4.69, 9.17) is 9.47 Å². The van der Waals surface area contributed by atoms with Gasteiger partial charge in [0.15, 0.2) is 0 Å². The van der Waals surface area contributed by atoms with Crippen molar-refractivity contribution in [3.63, 3.8) is 0 Å². The number of hydrogen-bond donors (Lipinski definition) is 0. The van der Waals surface area contributed by atoms with Gasteiger partial charge in [-0.2, -0.15) is 0 Å². The van der Waals surface area contributed by atoms with Crippen LogP contribution in [0.3, 0.4) is 0 Å². The van der Waals surface area contributed by atoms with Gasteiger partial charge in [-0.25, -0.2) is 0 Å². The molecule has 0 saturated carbocycles. The highest BCUT2D eigenvalue weighted by Gasteiger charge is 2.26. The molecule has 0 spiro atoms. The van der Waals surface area contributed by atoms with Crippen LogP contribution in [-0.2, 0) is 9.47 Å². The monoisotopic (exact) mass is 114 g/mol. The summed E-state index contributed by atoms with van der Waals surface area (Å²) in [6.45, 7) is 6.60. The van der Waals surface area contributed by atoms with Gasteiger partial charge in [0.1, 0.15) is 12.4 Å². The topological polar surface area (TPSA) is 18.5 Å². The van der Waals surface area contributed by atoms with Gasteiger partial charge in [0.25, 0.3) is 0 Å². The Labute approximate surface area is 49.1 Å². The first kappa shape index (κ1) is 5.79. The van der Waals surface area contributed by atoms with Crippen molar-refractivity contribution < 1.29 is 9.47 Å². The lowest BCUT2D eigenvalue weighted by Gasteiger charge is -2.13. The Morgan fingerprint density at radius 1 is 1.75 bits per heavy atom. The van der Waals surface area contributed by atoms with Crippen LogP contribution in [0, 0.1) is 0 Å². The standard InChI is InChI=1S/C6H10O2/c1-3-6(2)4-7-5-8-6/h3H,1,4-5H2,2H3. The van der Waals surface area contributed by atoms with E-state index in [9.17, 15) is 0 Å². The zero-order valence-electron chi connectivity index (χ0n) is 5.02. The van der Waals surface area contributed by atoms with Gasteiger partial charge < -0.3 is 9.47 Å². The van der Waals surface area contributed by atoms with Gasteiger partial charge in [0, 0.05) is 0 Å². The zero-order valence-corrected chi connectivity index (χ0v) is 5.02. The van der Waals surface area contributed by atoms with Crippen molar-refractivity contribution in [3.05, 3.63) is 12.7 Å². The minimum Gasteiger partial charge on any atom is -0.352 e. The number of rotatable bonds is 1. The van der Waals surface area contributed by atoms with E-state index in [1.54, 1.807) is 6.08 Å². The Morgan fingerprint density at radius 3 is 2.75 bits per heavy atom. The highest BCUT2D eigenvalue weighted by Crippen LogP contribution is 2.17. The Kier molecular flexibility index (Phi) is 1.36. The summed E-state index contributed by atoms with van der Waals surface area (Å²) >= 11 is 0. The molecule has 0 aromatic heterocycles. The average molecular weight is 114 g/mol. The lowest BCUT2D eigenvalue weighted by atomic mass is 10.1. The largest absolute Gasteiger partial charge is 0.352 e. The molecule has 1 saturated heterocycles. The van der Waals surface area contributed by atoms with Crippen molar-refractivity contribution in [2.75, 3.05) is 13.4 Å². The van der Waals surface area contributed by atoms with Crippen molar-refractivity contribution >= 4 is 0 Å². The first-order valence-corrected chi connectivity index (χ1v) is 2.62. The van der Waals surface area contributed by atoms with Crippen molar-refractivity contribution in [2.24, 2.45) is 0 Å². The van der Waals surface area contributed by atoms with Crippen LogP contribution in [0.15, 0.2) is 12.7 Å². The Hall–Kier alpha value is -0.340. The van der Waals surface area contributed by atoms with E-state index in [1.807, 2.05) is 6.92 Å². The van der Waals surface area contributed by atoms with Crippen molar-refractivity contribution in [1.82, 2.24) is 0 Å². The lowest BCUT2D eigenvalue weighted by Crippen LogP contribution is -2.22. The van der Waals surface area contributed by atoms with Crippen LogP contribution < -0.4 is 0 Å². The molecule has 0 bridgehead atoms. The number of hydrogen-bond acceptors (Lipinski definition) is 2. The predicted molar refractivity (Wildman–Crippen MR) is 30.5 cm³/mol. The Morgan fingerprint density at radius 2 is 2.50 bits per heavy atom. The van der Waals surface area contributed by atoms with Crippen LogP contribution in [-0.4, -0.2) is 19.0 Å². The molecule has 1 fully saturated rings. The molecule has 0 radical (unpaired) electrons. The second-order valence-corrected chi connectivity index (χ2v) is 2.13. The third kappa shape index (κ3) is 0.904. The van der Waals surface area contributed by atoms with Crippen LogP contribution in [0.5, 0.6) is 0 Å². The molecule has 1 aliphatic rings. The maximum atomic E-state index is 5.15. The molecule has 2 nitrogen and oxygen atoms in total. The number of ether oxygens (including phenoxy) is 2. The minimum absolute atomic E-state index is 0.222. The van der Waals surface area contributed by atoms with E-state index >= 15 is 0 Å². The van der Waals surface area contributed by atoms with Gasteiger partial charge in [-0.1, -0.05) is 6.08 Å². The van der Waals surface area contributed by atoms with E-state index in [2.05, 4.69) is 6.58 Å². The third-order valence-corrected chi connectivity index (χ3v) is 1.29. The second kappa shape index (κ2) is 1.88. The van der Waals surface area contributed by atoms with Crippen LogP contribution in [0.1, 0.15) is 6.92 Å². The van der Waals surface area contributed by atoms with Crippen molar-refractivity contribution in [1.29, 1.82) is 0 Å². The molecule has 1 atom stereocenters. The normalized spacial score (nSPS) is 37.6. The van der Waals surface area contributed by atoms with Crippen molar-refractivity contribution in [3.8, 4) is 0 Å². The summed E-state index contributed by atoms with van der Waals surface area (Å²) in [5.41, 5.74) is -0.222. The molecule has 1 heterocycles. The van der Waals surface area contributed by atoms with Gasteiger partial charge in [-0.3, -0.25) is 0 Å². The molecule has 0 aliphatic carbocycles. The third-order valence-electron chi connectivity index (χ3n) is 1.29. The van der Waals surface area contributed by atoms with Crippen LogP contribution in [0.4, 0.5) is 0 Å². The second-order valence-electron chi connectivity index (χ2n) is 2.13. The molecule has 8 heavy (non-hydrogen) atoms. The van der Waals surface area contributed by atoms with E-state index in [0.717, 1.165) is 0 Å². The Balaban J connectivity index is 2.52. The first-order valence-electron chi connectivity index (χ1n) is 2.62. The zero-order chi connectivity index (χ0) is 6.04. The van der Waals surface area contributed by atoms with Gasteiger partial charge in [0.2, 0.25) is 0 Å². The summed E-state index contributed by atoms with van der Waals surface area (Å²) in [4.78, 5) is 0. The van der Waals surface area contributed by atoms with Gasteiger partial charge in [0.05, 0.1) is 6.61 Å². The fourth-order valence-electron chi connectivity index (χ4n) is 0.580. The quantitative estimate of drug-likeness (QED) is 0.472.